The minimum Gasteiger partial charge on any atom is -0.432 e. The molecule has 0 atom stereocenters. The number of anilines is 1. The third-order valence-corrected chi connectivity index (χ3v) is 3.05. The smallest absolute Gasteiger partial charge is 0.297 e. The van der Waals surface area contributed by atoms with Crippen LogP contribution in [0.15, 0.2) is 10.7 Å². The van der Waals surface area contributed by atoms with E-state index in [1.807, 2.05) is 6.92 Å². The minimum atomic E-state index is 0.699. The van der Waals surface area contributed by atoms with Crippen LogP contribution in [0.3, 0.4) is 0 Å². The molecule has 0 amide bonds. The van der Waals surface area contributed by atoms with Gasteiger partial charge in [-0.05, 0) is 26.7 Å². The molecule has 0 spiro atoms. The molecular formula is C13H23N3O2. The number of hydrogen-bond acceptors (Lipinski definition) is 5. The van der Waals surface area contributed by atoms with E-state index in [0.29, 0.717) is 18.7 Å². The lowest BCUT2D eigenvalue weighted by molar-refractivity contribution is 0.153. The summed E-state index contributed by atoms with van der Waals surface area (Å²) in [4.78, 5) is 6.59. The van der Waals surface area contributed by atoms with Gasteiger partial charge >= 0.3 is 0 Å². The molecule has 1 aromatic rings. The van der Waals surface area contributed by atoms with Crippen LogP contribution in [0.5, 0.6) is 0 Å². The first kappa shape index (κ1) is 13.4. The summed E-state index contributed by atoms with van der Waals surface area (Å²) < 4.78 is 10.9. The van der Waals surface area contributed by atoms with Crippen molar-refractivity contribution in [2.24, 2.45) is 0 Å². The Labute approximate surface area is 109 Å². The highest BCUT2D eigenvalue weighted by atomic mass is 16.5. The molecule has 102 valence electrons. The van der Waals surface area contributed by atoms with Gasteiger partial charge in [0.2, 0.25) is 0 Å². The summed E-state index contributed by atoms with van der Waals surface area (Å²) in [6.07, 6.45) is 4.33. The highest BCUT2D eigenvalue weighted by molar-refractivity contribution is 5.26. The van der Waals surface area contributed by atoms with Gasteiger partial charge in [-0.2, -0.15) is 4.98 Å². The Morgan fingerprint density at radius 1 is 1.50 bits per heavy atom. The maximum Gasteiger partial charge on any atom is 0.297 e. The van der Waals surface area contributed by atoms with E-state index in [4.69, 9.17) is 9.15 Å². The van der Waals surface area contributed by atoms with Crippen molar-refractivity contribution in [3.8, 4) is 0 Å². The molecule has 1 saturated carbocycles. The van der Waals surface area contributed by atoms with Crippen LogP contribution in [-0.4, -0.2) is 37.3 Å². The first-order valence-electron chi connectivity index (χ1n) is 6.84. The Hall–Kier alpha value is -1.07. The minimum absolute atomic E-state index is 0.699. The van der Waals surface area contributed by atoms with Crippen molar-refractivity contribution in [3.63, 3.8) is 0 Å². The highest BCUT2D eigenvalue weighted by Crippen LogP contribution is 2.20. The molecule has 1 aliphatic carbocycles. The summed E-state index contributed by atoms with van der Waals surface area (Å²) >= 11 is 0. The Morgan fingerprint density at radius 3 is 3.00 bits per heavy atom. The fourth-order valence-electron chi connectivity index (χ4n) is 1.77. The van der Waals surface area contributed by atoms with Gasteiger partial charge in [0.15, 0.2) is 0 Å². The quantitative estimate of drug-likeness (QED) is 0.680. The van der Waals surface area contributed by atoms with E-state index < -0.39 is 0 Å². The van der Waals surface area contributed by atoms with E-state index in [0.717, 1.165) is 31.9 Å². The molecular weight excluding hydrogens is 230 g/mol. The van der Waals surface area contributed by atoms with Crippen LogP contribution >= 0.6 is 0 Å². The van der Waals surface area contributed by atoms with E-state index in [2.05, 4.69) is 22.1 Å². The number of likely N-dealkylation sites (N-methyl/N-ethyl adjacent to an activating group) is 1. The Bertz CT molecular complexity index is 350. The maximum absolute atomic E-state index is 5.52. The molecule has 1 heterocycles. The molecule has 1 aliphatic rings. The molecule has 1 fully saturated rings. The van der Waals surface area contributed by atoms with Gasteiger partial charge in [0.05, 0.1) is 12.3 Å². The van der Waals surface area contributed by atoms with Crippen molar-refractivity contribution in [2.75, 3.05) is 31.2 Å². The number of oxazole rings is 1. The van der Waals surface area contributed by atoms with E-state index in [1.165, 1.54) is 12.8 Å². The second-order valence-corrected chi connectivity index (χ2v) is 4.55. The van der Waals surface area contributed by atoms with E-state index in [-0.39, 0.29) is 0 Å². The van der Waals surface area contributed by atoms with Gasteiger partial charge in [0, 0.05) is 32.3 Å². The van der Waals surface area contributed by atoms with Crippen molar-refractivity contribution in [2.45, 2.75) is 39.3 Å². The lowest BCUT2D eigenvalue weighted by Crippen LogP contribution is -2.27. The number of nitrogens with one attached hydrogen (secondary N) is 1. The summed E-state index contributed by atoms with van der Waals surface area (Å²) in [7, 11) is 0. The molecule has 1 N–H and O–H groups in total. The summed E-state index contributed by atoms with van der Waals surface area (Å²) in [6.45, 7) is 8.06. The molecule has 18 heavy (non-hydrogen) atoms. The van der Waals surface area contributed by atoms with Crippen molar-refractivity contribution < 1.29 is 9.15 Å². The monoisotopic (exact) mass is 253 g/mol. The molecule has 5 nitrogen and oxygen atoms in total. The van der Waals surface area contributed by atoms with E-state index in [9.17, 15) is 0 Å². The van der Waals surface area contributed by atoms with Crippen LogP contribution in [0.1, 0.15) is 32.4 Å². The first-order valence-corrected chi connectivity index (χ1v) is 6.84. The van der Waals surface area contributed by atoms with Crippen LogP contribution in [0.2, 0.25) is 0 Å². The van der Waals surface area contributed by atoms with Crippen LogP contribution in [-0.2, 0) is 11.3 Å². The SMILES string of the molecule is CCOCCN(CC)c1nc(CNC2CC2)co1. The topological polar surface area (TPSA) is 50.5 Å². The van der Waals surface area contributed by atoms with Gasteiger partial charge in [0.25, 0.3) is 6.01 Å². The average Bonchev–Trinajstić information content (AvgIpc) is 3.10. The summed E-state index contributed by atoms with van der Waals surface area (Å²) in [5.74, 6) is 0. The fourth-order valence-corrected chi connectivity index (χ4v) is 1.77. The standard InChI is InChI=1S/C13H23N3O2/c1-3-16(7-8-17-4-2)13-15-12(10-18-13)9-14-11-5-6-11/h10-11,14H,3-9H2,1-2H3. The van der Waals surface area contributed by atoms with Crippen molar-refractivity contribution in [3.05, 3.63) is 12.0 Å². The lowest BCUT2D eigenvalue weighted by atomic mass is 10.4. The number of aromatic nitrogens is 1. The average molecular weight is 253 g/mol. The van der Waals surface area contributed by atoms with E-state index in [1.54, 1.807) is 6.26 Å². The van der Waals surface area contributed by atoms with Gasteiger partial charge < -0.3 is 19.4 Å². The van der Waals surface area contributed by atoms with Gasteiger partial charge in [-0.15, -0.1) is 0 Å². The second kappa shape index (κ2) is 6.75. The Kier molecular flexibility index (Phi) is 5.01. The molecule has 0 radical (unpaired) electrons. The summed E-state index contributed by atoms with van der Waals surface area (Å²) in [6, 6.07) is 1.40. The third kappa shape index (κ3) is 3.99. The molecule has 0 unspecified atom stereocenters. The zero-order valence-electron chi connectivity index (χ0n) is 11.3. The molecule has 2 rings (SSSR count). The molecule has 0 aromatic carbocycles. The predicted molar refractivity (Wildman–Crippen MR) is 70.7 cm³/mol. The number of ether oxygens (including phenoxy) is 1. The highest BCUT2D eigenvalue weighted by Gasteiger charge is 2.21. The summed E-state index contributed by atoms with van der Waals surface area (Å²) in [5.41, 5.74) is 0.978. The molecule has 1 aromatic heterocycles. The summed E-state index contributed by atoms with van der Waals surface area (Å²) in [5, 5.41) is 3.43. The zero-order chi connectivity index (χ0) is 12.8. The predicted octanol–water partition coefficient (Wildman–Crippen LogP) is 1.79. The maximum atomic E-state index is 5.52. The van der Waals surface area contributed by atoms with Crippen LogP contribution in [0.25, 0.3) is 0 Å². The van der Waals surface area contributed by atoms with E-state index >= 15 is 0 Å². The Balaban J connectivity index is 1.81. The van der Waals surface area contributed by atoms with Crippen LogP contribution < -0.4 is 10.2 Å². The van der Waals surface area contributed by atoms with Crippen LogP contribution in [0, 0.1) is 0 Å². The van der Waals surface area contributed by atoms with Crippen LogP contribution in [0.4, 0.5) is 6.01 Å². The van der Waals surface area contributed by atoms with Crippen molar-refractivity contribution >= 4 is 6.01 Å². The van der Waals surface area contributed by atoms with Crippen molar-refractivity contribution in [1.29, 1.82) is 0 Å². The number of nitrogens with zero attached hydrogens (tertiary/aromatic N) is 2. The largest absolute Gasteiger partial charge is 0.432 e. The van der Waals surface area contributed by atoms with Gasteiger partial charge in [0.1, 0.15) is 6.26 Å². The molecule has 0 saturated heterocycles. The zero-order valence-corrected chi connectivity index (χ0v) is 11.3. The first-order chi connectivity index (χ1) is 8.83. The van der Waals surface area contributed by atoms with Crippen molar-refractivity contribution in [1.82, 2.24) is 10.3 Å². The second-order valence-electron chi connectivity index (χ2n) is 4.55. The number of hydrogen-bond donors (Lipinski definition) is 1. The Morgan fingerprint density at radius 2 is 2.33 bits per heavy atom. The third-order valence-electron chi connectivity index (χ3n) is 3.05. The van der Waals surface area contributed by atoms with Gasteiger partial charge in [-0.1, -0.05) is 0 Å². The van der Waals surface area contributed by atoms with Gasteiger partial charge in [-0.3, -0.25) is 0 Å². The molecule has 0 bridgehead atoms. The molecule has 5 heteroatoms. The molecule has 0 aliphatic heterocycles. The fraction of sp³-hybridized carbons (Fsp3) is 0.769. The van der Waals surface area contributed by atoms with Gasteiger partial charge in [-0.25, -0.2) is 0 Å². The normalized spacial score (nSPS) is 15.0. The number of rotatable bonds is 9. The lowest BCUT2D eigenvalue weighted by Gasteiger charge is -2.17.